The maximum atomic E-state index is 11.6. The van der Waals surface area contributed by atoms with Crippen LogP contribution in [0.5, 0.6) is 0 Å². The zero-order valence-corrected chi connectivity index (χ0v) is 9.88. The fourth-order valence-corrected chi connectivity index (χ4v) is 5.14. The van der Waals surface area contributed by atoms with E-state index in [0.717, 1.165) is 12.8 Å². The molecule has 4 fully saturated rings. The van der Waals surface area contributed by atoms with Crippen molar-refractivity contribution >= 4 is 28.6 Å². The molecule has 1 heterocycles. The van der Waals surface area contributed by atoms with Crippen molar-refractivity contribution in [2.45, 2.75) is 22.9 Å². The van der Waals surface area contributed by atoms with E-state index in [4.69, 9.17) is 4.74 Å². The van der Waals surface area contributed by atoms with E-state index in [1.54, 1.807) is 0 Å². The van der Waals surface area contributed by atoms with Gasteiger partial charge in [-0.15, -0.1) is 0 Å². The molecule has 0 unspecified atom stereocenters. The molecule has 4 heteroatoms. The van der Waals surface area contributed by atoms with Crippen LogP contribution in [0.15, 0.2) is 0 Å². The molecule has 0 amide bonds. The Hall–Kier alpha value is 0.160. The Morgan fingerprint density at radius 2 is 2.14 bits per heavy atom. The van der Waals surface area contributed by atoms with Gasteiger partial charge < -0.3 is 9.84 Å². The lowest BCUT2D eigenvalue weighted by Crippen LogP contribution is -2.51. The Bertz CT molecular complexity index is 281. The molecule has 4 rings (SSSR count). The number of carbonyl (C=O) groups excluding carboxylic acids is 1. The number of aliphatic hydroxyl groups excluding tert-OH is 1. The van der Waals surface area contributed by atoms with E-state index < -0.39 is 0 Å². The minimum atomic E-state index is -0.0529. The van der Waals surface area contributed by atoms with Crippen molar-refractivity contribution in [2.75, 3.05) is 6.61 Å². The summed E-state index contributed by atoms with van der Waals surface area (Å²) in [7, 11) is 0. The number of fused-ring (bicyclic) bond motifs is 1. The number of halogens is 1. The molecule has 0 spiro atoms. The molecule has 4 aliphatic rings. The van der Waals surface area contributed by atoms with Crippen molar-refractivity contribution in [2.24, 2.45) is 23.7 Å². The summed E-state index contributed by atoms with van der Waals surface area (Å²) in [6, 6.07) is 0. The summed E-state index contributed by atoms with van der Waals surface area (Å²) in [5, 5.41) is 9.36. The summed E-state index contributed by atoms with van der Waals surface area (Å²) in [5.74, 6) is 1.01. The summed E-state index contributed by atoms with van der Waals surface area (Å²) >= 11 is 2.40. The van der Waals surface area contributed by atoms with E-state index in [-0.39, 0.29) is 30.5 Å². The number of rotatable bonds is 1. The number of ether oxygens (including phenoxy) is 1. The van der Waals surface area contributed by atoms with Gasteiger partial charge >= 0.3 is 5.97 Å². The monoisotopic (exact) mass is 308 g/mol. The van der Waals surface area contributed by atoms with Crippen LogP contribution >= 0.6 is 22.6 Å². The Morgan fingerprint density at radius 1 is 1.43 bits per heavy atom. The molecule has 0 aromatic rings. The van der Waals surface area contributed by atoms with Crippen molar-refractivity contribution < 1.29 is 14.6 Å². The second kappa shape index (κ2) is 3.07. The predicted octanol–water partition coefficient (Wildman–Crippen LogP) is 0.980. The molecule has 78 valence electrons. The summed E-state index contributed by atoms with van der Waals surface area (Å²) < 4.78 is 5.83. The van der Waals surface area contributed by atoms with Gasteiger partial charge in [-0.25, -0.2) is 0 Å². The molecule has 3 nitrogen and oxygen atoms in total. The topological polar surface area (TPSA) is 46.5 Å². The van der Waals surface area contributed by atoms with Gasteiger partial charge in [0.25, 0.3) is 0 Å². The number of hydrogen-bond donors (Lipinski definition) is 1. The first kappa shape index (κ1) is 9.39. The largest absolute Gasteiger partial charge is 0.461 e. The first-order valence-electron chi connectivity index (χ1n) is 5.19. The predicted molar refractivity (Wildman–Crippen MR) is 58.0 cm³/mol. The Kier molecular flexibility index (Phi) is 2.06. The number of aliphatic hydroxyl groups is 1. The van der Waals surface area contributed by atoms with Crippen molar-refractivity contribution in [3.63, 3.8) is 0 Å². The highest BCUT2D eigenvalue weighted by Crippen LogP contribution is 2.56. The van der Waals surface area contributed by atoms with E-state index >= 15 is 0 Å². The van der Waals surface area contributed by atoms with Crippen LogP contribution in [0.4, 0.5) is 0 Å². The van der Waals surface area contributed by atoms with Crippen LogP contribution in [-0.4, -0.2) is 27.7 Å². The fourth-order valence-electron chi connectivity index (χ4n) is 3.57. The molecule has 1 saturated heterocycles. The summed E-state index contributed by atoms with van der Waals surface area (Å²) in [6.45, 7) is 0.146. The molecule has 6 atom stereocenters. The summed E-state index contributed by atoms with van der Waals surface area (Å²) in [6.07, 6.45) is 2.42. The summed E-state index contributed by atoms with van der Waals surface area (Å²) in [5.41, 5.74) is 0. The minimum Gasteiger partial charge on any atom is -0.461 e. The Balaban J connectivity index is 2.01. The average molecular weight is 308 g/mol. The van der Waals surface area contributed by atoms with Gasteiger partial charge in [-0.05, 0) is 24.7 Å². The van der Waals surface area contributed by atoms with Crippen LogP contribution in [0.2, 0.25) is 0 Å². The van der Waals surface area contributed by atoms with Gasteiger partial charge in [0.2, 0.25) is 0 Å². The van der Waals surface area contributed by atoms with Crippen LogP contribution in [0.3, 0.4) is 0 Å². The van der Waals surface area contributed by atoms with Crippen LogP contribution in [-0.2, 0) is 9.53 Å². The molecule has 0 aromatic heterocycles. The molecular formula is C10H13IO3. The second-order valence-electron chi connectivity index (χ2n) is 4.62. The third-order valence-electron chi connectivity index (χ3n) is 4.19. The lowest BCUT2D eigenvalue weighted by atomic mass is 9.59. The highest BCUT2D eigenvalue weighted by molar-refractivity contribution is 14.1. The molecule has 1 N–H and O–H groups in total. The Labute approximate surface area is 96.3 Å². The quantitative estimate of drug-likeness (QED) is 0.446. The van der Waals surface area contributed by atoms with E-state index in [1.165, 1.54) is 0 Å². The van der Waals surface area contributed by atoms with Crippen LogP contribution < -0.4 is 0 Å². The van der Waals surface area contributed by atoms with Crippen molar-refractivity contribution in [1.82, 2.24) is 0 Å². The van der Waals surface area contributed by atoms with Crippen molar-refractivity contribution in [3.8, 4) is 0 Å². The third-order valence-corrected chi connectivity index (χ3v) is 5.82. The van der Waals surface area contributed by atoms with Gasteiger partial charge in [0.05, 0.1) is 9.84 Å². The number of carbonyl (C=O) groups is 1. The van der Waals surface area contributed by atoms with Gasteiger partial charge in [-0.1, -0.05) is 22.6 Å². The normalized spacial score (nSPS) is 54.9. The Morgan fingerprint density at radius 3 is 2.86 bits per heavy atom. The fraction of sp³-hybridized carbons (Fsp3) is 0.900. The van der Waals surface area contributed by atoms with E-state index in [2.05, 4.69) is 22.6 Å². The van der Waals surface area contributed by atoms with Crippen molar-refractivity contribution in [3.05, 3.63) is 0 Å². The third kappa shape index (κ3) is 0.988. The molecule has 3 saturated carbocycles. The van der Waals surface area contributed by atoms with Crippen molar-refractivity contribution in [1.29, 1.82) is 0 Å². The van der Waals surface area contributed by atoms with Gasteiger partial charge in [-0.2, -0.15) is 0 Å². The van der Waals surface area contributed by atoms with E-state index in [0.29, 0.717) is 15.8 Å². The van der Waals surface area contributed by atoms with Crippen LogP contribution in [0.1, 0.15) is 12.8 Å². The lowest BCUT2D eigenvalue weighted by molar-refractivity contribution is -0.144. The number of alkyl halides is 1. The lowest BCUT2D eigenvalue weighted by Gasteiger charge is -2.47. The highest BCUT2D eigenvalue weighted by atomic mass is 127. The zero-order valence-electron chi connectivity index (χ0n) is 7.73. The highest BCUT2D eigenvalue weighted by Gasteiger charge is 2.61. The maximum Gasteiger partial charge on any atom is 0.310 e. The molecule has 14 heavy (non-hydrogen) atoms. The minimum absolute atomic E-state index is 0.00904. The average Bonchev–Trinajstić information content (AvgIpc) is 2.50. The SMILES string of the molecule is O=C1O[C@H]2[C@@H](I)[C@@H]3CC[C@@H]2[C@@H]1[C@@H]3CO. The molecule has 4 bridgehead atoms. The number of esters is 1. The molecule has 3 aliphatic carbocycles. The zero-order chi connectivity index (χ0) is 9.87. The maximum absolute atomic E-state index is 11.6. The molecule has 0 radical (unpaired) electrons. The van der Waals surface area contributed by atoms with Gasteiger partial charge in [-0.3, -0.25) is 4.79 Å². The first-order valence-corrected chi connectivity index (χ1v) is 6.44. The van der Waals surface area contributed by atoms with E-state index in [1.807, 2.05) is 0 Å². The summed E-state index contributed by atoms with van der Waals surface area (Å²) in [4.78, 5) is 11.6. The second-order valence-corrected chi connectivity index (χ2v) is 6.06. The molecular weight excluding hydrogens is 295 g/mol. The van der Waals surface area contributed by atoms with E-state index in [9.17, 15) is 9.90 Å². The number of hydrogen-bond acceptors (Lipinski definition) is 3. The van der Waals surface area contributed by atoms with Crippen LogP contribution in [0.25, 0.3) is 0 Å². The molecule has 1 aliphatic heterocycles. The van der Waals surface area contributed by atoms with Crippen LogP contribution in [0, 0.1) is 23.7 Å². The van der Waals surface area contributed by atoms with Gasteiger partial charge in [0.15, 0.2) is 0 Å². The molecule has 0 aromatic carbocycles. The first-order chi connectivity index (χ1) is 6.74. The van der Waals surface area contributed by atoms with Gasteiger partial charge in [0.1, 0.15) is 6.10 Å². The smallest absolute Gasteiger partial charge is 0.310 e. The standard InChI is InChI=1S/C10H13IO3/c11-8-4-1-2-5-7(6(4)3-12)10(13)14-9(5)8/h4-9,12H,1-3H2/t4-,5-,6-,7-,8+,9-/m1/s1. The van der Waals surface area contributed by atoms with Gasteiger partial charge in [0, 0.05) is 12.5 Å².